The van der Waals surface area contributed by atoms with Crippen LogP contribution in [0, 0.1) is 5.92 Å². The zero-order valence-corrected chi connectivity index (χ0v) is 11.4. The van der Waals surface area contributed by atoms with Gasteiger partial charge < -0.3 is 10.4 Å². The summed E-state index contributed by atoms with van der Waals surface area (Å²) >= 11 is 1.77. The standard InChI is InChI=1S/C14H23NOS/c1-11(14-7-4-8-17-14)15-10-13(16)9-12-5-2-3-6-12/h4,7-8,11-13,15-16H,2-3,5-6,9-10H2,1H3. The number of rotatable bonds is 6. The summed E-state index contributed by atoms with van der Waals surface area (Å²) in [5.74, 6) is 0.767. The predicted octanol–water partition coefficient (Wildman–Crippen LogP) is 3.34. The zero-order valence-electron chi connectivity index (χ0n) is 10.6. The first-order chi connectivity index (χ1) is 8.25. The summed E-state index contributed by atoms with van der Waals surface area (Å²) in [4.78, 5) is 1.35. The van der Waals surface area contributed by atoms with Crippen LogP contribution in [-0.2, 0) is 0 Å². The van der Waals surface area contributed by atoms with E-state index >= 15 is 0 Å². The molecule has 3 heteroatoms. The van der Waals surface area contributed by atoms with Crippen LogP contribution in [0.3, 0.4) is 0 Å². The summed E-state index contributed by atoms with van der Waals surface area (Å²) in [7, 11) is 0. The first-order valence-corrected chi connectivity index (χ1v) is 7.58. The van der Waals surface area contributed by atoms with Gasteiger partial charge in [-0.15, -0.1) is 11.3 Å². The molecule has 1 aliphatic carbocycles. The van der Waals surface area contributed by atoms with Crippen molar-refractivity contribution < 1.29 is 5.11 Å². The molecule has 2 N–H and O–H groups in total. The molecule has 0 radical (unpaired) electrons. The van der Waals surface area contributed by atoms with Crippen molar-refractivity contribution in [3.8, 4) is 0 Å². The highest BCUT2D eigenvalue weighted by atomic mass is 32.1. The van der Waals surface area contributed by atoms with Crippen LogP contribution < -0.4 is 5.32 Å². The molecule has 1 heterocycles. The van der Waals surface area contributed by atoms with Crippen LogP contribution in [0.2, 0.25) is 0 Å². The first kappa shape index (κ1) is 13.1. The van der Waals surface area contributed by atoms with Gasteiger partial charge in [0.1, 0.15) is 0 Å². The highest BCUT2D eigenvalue weighted by Gasteiger charge is 2.19. The Bertz CT molecular complexity index is 306. The minimum absolute atomic E-state index is 0.180. The number of aliphatic hydroxyl groups is 1. The monoisotopic (exact) mass is 253 g/mol. The van der Waals surface area contributed by atoms with E-state index in [0.29, 0.717) is 6.04 Å². The van der Waals surface area contributed by atoms with Crippen molar-refractivity contribution in [3.05, 3.63) is 22.4 Å². The van der Waals surface area contributed by atoms with Crippen molar-refractivity contribution in [2.24, 2.45) is 5.92 Å². The molecule has 0 aromatic carbocycles. The molecule has 1 aromatic heterocycles. The molecular weight excluding hydrogens is 230 g/mol. The lowest BCUT2D eigenvalue weighted by Gasteiger charge is -2.18. The first-order valence-electron chi connectivity index (χ1n) is 6.70. The van der Waals surface area contributed by atoms with Gasteiger partial charge in [0.05, 0.1) is 6.10 Å². The molecular formula is C14H23NOS. The Hall–Kier alpha value is -0.380. The van der Waals surface area contributed by atoms with Gasteiger partial charge in [-0.05, 0) is 30.7 Å². The van der Waals surface area contributed by atoms with Gasteiger partial charge in [-0.2, -0.15) is 0 Å². The number of thiophene rings is 1. The van der Waals surface area contributed by atoms with Gasteiger partial charge in [0.25, 0.3) is 0 Å². The lowest BCUT2D eigenvalue weighted by atomic mass is 10.00. The van der Waals surface area contributed by atoms with Gasteiger partial charge in [0.15, 0.2) is 0 Å². The Morgan fingerprint density at radius 1 is 1.47 bits per heavy atom. The van der Waals surface area contributed by atoms with Crippen LogP contribution in [-0.4, -0.2) is 17.8 Å². The fourth-order valence-corrected chi connectivity index (χ4v) is 3.42. The topological polar surface area (TPSA) is 32.3 Å². The summed E-state index contributed by atoms with van der Waals surface area (Å²) in [5, 5.41) is 15.5. The highest BCUT2D eigenvalue weighted by molar-refractivity contribution is 7.10. The van der Waals surface area contributed by atoms with Gasteiger partial charge in [-0.1, -0.05) is 31.7 Å². The van der Waals surface area contributed by atoms with Gasteiger partial charge in [0.2, 0.25) is 0 Å². The van der Waals surface area contributed by atoms with Crippen LogP contribution >= 0.6 is 11.3 Å². The summed E-state index contributed by atoms with van der Waals surface area (Å²) in [6.45, 7) is 2.88. The minimum atomic E-state index is -0.180. The lowest BCUT2D eigenvalue weighted by Crippen LogP contribution is -2.30. The summed E-state index contributed by atoms with van der Waals surface area (Å²) in [6.07, 6.45) is 6.15. The largest absolute Gasteiger partial charge is 0.392 e. The van der Waals surface area contributed by atoms with Gasteiger partial charge >= 0.3 is 0 Å². The fourth-order valence-electron chi connectivity index (χ4n) is 2.67. The maximum atomic E-state index is 10.00. The smallest absolute Gasteiger partial charge is 0.0667 e. The van der Waals surface area contributed by atoms with Gasteiger partial charge in [-0.25, -0.2) is 0 Å². The number of aliphatic hydroxyl groups excluding tert-OH is 1. The van der Waals surface area contributed by atoms with Crippen molar-refractivity contribution >= 4 is 11.3 Å². The van der Waals surface area contributed by atoms with E-state index < -0.39 is 0 Å². The van der Waals surface area contributed by atoms with E-state index in [1.165, 1.54) is 30.6 Å². The molecule has 0 bridgehead atoms. The third kappa shape index (κ3) is 4.09. The second-order valence-corrected chi connectivity index (χ2v) is 6.16. The molecule has 0 spiro atoms. The van der Waals surface area contributed by atoms with Gasteiger partial charge in [-0.3, -0.25) is 0 Å². The Labute approximate surface area is 108 Å². The van der Waals surface area contributed by atoms with Crippen molar-refractivity contribution in [1.82, 2.24) is 5.32 Å². The van der Waals surface area contributed by atoms with Crippen LogP contribution in [0.1, 0.15) is 49.9 Å². The maximum Gasteiger partial charge on any atom is 0.0667 e. The predicted molar refractivity (Wildman–Crippen MR) is 73.3 cm³/mol. The molecule has 1 aliphatic rings. The van der Waals surface area contributed by atoms with Crippen LogP contribution in [0.15, 0.2) is 17.5 Å². The molecule has 96 valence electrons. The normalized spacial score (nSPS) is 20.6. The molecule has 1 aromatic rings. The molecule has 0 aliphatic heterocycles. The van der Waals surface area contributed by atoms with Crippen LogP contribution in [0.5, 0.6) is 0 Å². The highest BCUT2D eigenvalue weighted by Crippen LogP contribution is 2.28. The number of hydrogen-bond donors (Lipinski definition) is 2. The van der Waals surface area contributed by atoms with E-state index in [0.717, 1.165) is 18.9 Å². The Kier molecular flexibility index (Phi) is 5.01. The van der Waals surface area contributed by atoms with Crippen molar-refractivity contribution in [1.29, 1.82) is 0 Å². The van der Waals surface area contributed by atoms with E-state index in [4.69, 9.17) is 0 Å². The molecule has 1 fully saturated rings. The molecule has 17 heavy (non-hydrogen) atoms. The van der Waals surface area contributed by atoms with E-state index in [-0.39, 0.29) is 6.10 Å². The van der Waals surface area contributed by atoms with Gasteiger partial charge in [0, 0.05) is 17.5 Å². The molecule has 2 nitrogen and oxygen atoms in total. The Morgan fingerprint density at radius 2 is 2.24 bits per heavy atom. The number of hydrogen-bond acceptors (Lipinski definition) is 3. The van der Waals surface area contributed by atoms with Crippen molar-refractivity contribution in [3.63, 3.8) is 0 Å². The summed E-state index contributed by atoms with van der Waals surface area (Å²) < 4.78 is 0. The zero-order chi connectivity index (χ0) is 12.1. The third-order valence-corrected chi connectivity index (χ3v) is 4.76. The average Bonchev–Trinajstić information content (AvgIpc) is 2.97. The summed E-state index contributed by atoms with van der Waals surface area (Å²) in [6, 6.07) is 4.58. The van der Waals surface area contributed by atoms with Crippen LogP contribution in [0.25, 0.3) is 0 Å². The molecule has 2 rings (SSSR count). The molecule has 1 saturated carbocycles. The second kappa shape index (κ2) is 6.53. The van der Waals surface area contributed by atoms with Crippen molar-refractivity contribution in [2.45, 2.75) is 51.2 Å². The van der Waals surface area contributed by atoms with Crippen LogP contribution in [0.4, 0.5) is 0 Å². The quantitative estimate of drug-likeness (QED) is 0.815. The molecule has 2 unspecified atom stereocenters. The second-order valence-electron chi connectivity index (χ2n) is 5.19. The number of nitrogens with one attached hydrogen (secondary N) is 1. The fraction of sp³-hybridized carbons (Fsp3) is 0.714. The molecule has 0 amide bonds. The SMILES string of the molecule is CC(NCC(O)CC1CCCC1)c1cccs1. The third-order valence-electron chi connectivity index (χ3n) is 3.71. The van der Waals surface area contributed by atoms with Crippen molar-refractivity contribution in [2.75, 3.05) is 6.54 Å². The van der Waals surface area contributed by atoms with E-state index in [1.807, 2.05) is 0 Å². The molecule has 2 atom stereocenters. The minimum Gasteiger partial charge on any atom is -0.392 e. The van der Waals surface area contributed by atoms with E-state index in [9.17, 15) is 5.11 Å². The average molecular weight is 253 g/mol. The lowest BCUT2D eigenvalue weighted by molar-refractivity contribution is 0.138. The Balaban J connectivity index is 1.66. The van der Waals surface area contributed by atoms with E-state index in [2.05, 4.69) is 29.8 Å². The summed E-state index contributed by atoms with van der Waals surface area (Å²) in [5.41, 5.74) is 0. The Morgan fingerprint density at radius 3 is 2.88 bits per heavy atom. The van der Waals surface area contributed by atoms with E-state index in [1.54, 1.807) is 11.3 Å². The maximum absolute atomic E-state index is 10.00. The molecule has 0 saturated heterocycles.